The number of Topliss-reactive ketones (excluding diaryl/α,β-unsaturated/α-hetero) is 1. The summed E-state index contributed by atoms with van der Waals surface area (Å²) in [5, 5.41) is 22.3. The molecule has 5 rings (SSSR count). The van der Waals surface area contributed by atoms with Gasteiger partial charge >= 0.3 is 0 Å². The van der Waals surface area contributed by atoms with Crippen molar-refractivity contribution in [1.29, 1.82) is 0 Å². The van der Waals surface area contributed by atoms with E-state index in [1.54, 1.807) is 42.5 Å². The molecule has 1 atom stereocenters. The van der Waals surface area contributed by atoms with Crippen LogP contribution in [0.3, 0.4) is 0 Å². The van der Waals surface area contributed by atoms with Crippen molar-refractivity contribution in [2.45, 2.75) is 6.04 Å². The fourth-order valence-electron chi connectivity index (χ4n) is 4.36. The molecular formula is C26H20N2O8. The second-order valence-electron chi connectivity index (χ2n) is 8.04. The number of rotatable bonds is 5. The second kappa shape index (κ2) is 9.06. The molecule has 1 saturated heterocycles. The maximum Gasteiger partial charge on any atom is 0.300 e. The fourth-order valence-corrected chi connectivity index (χ4v) is 4.36. The number of ether oxygens (including phenoxy) is 3. The number of nitrogens with zero attached hydrogens (tertiary/aromatic N) is 2. The van der Waals surface area contributed by atoms with Crippen LogP contribution in [0, 0.1) is 10.1 Å². The van der Waals surface area contributed by atoms with Crippen LogP contribution in [0.4, 0.5) is 11.4 Å². The Hall–Kier alpha value is -4.86. The van der Waals surface area contributed by atoms with Crippen LogP contribution in [0.15, 0.2) is 72.3 Å². The number of benzene rings is 3. The van der Waals surface area contributed by atoms with E-state index in [4.69, 9.17) is 14.2 Å². The fraction of sp³-hybridized carbons (Fsp3) is 0.154. The topological polar surface area (TPSA) is 128 Å². The Morgan fingerprint density at radius 2 is 1.72 bits per heavy atom. The van der Waals surface area contributed by atoms with Crippen molar-refractivity contribution in [2.75, 3.05) is 25.2 Å². The second-order valence-corrected chi connectivity index (χ2v) is 8.04. The van der Waals surface area contributed by atoms with E-state index in [0.717, 1.165) is 0 Å². The Kier molecular flexibility index (Phi) is 5.77. The number of para-hydroxylation sites is 1. The minimum absolute atomic E-state index is 0.153. The minimum Gasteiger partial charge on any atom is -0.507 e. The van der Waals surface area contributed by atoms with Gasteiger partial charge in [-0.25, -0.2) is 0 Å². The number of ketones is 1. The molecule has 2 heterocycles. The predicted octanol–water partition coefficient (Wildman–Crippen LogP) is 4.00. The number of carbonyl (C=O) groups is 2. The monoisotopic (exact) mass is 488 g/mol. The van der Waals surface area contributed by atoms with E-state index in [2.05, 4.69) is 0 Å². The van der Waals surface area contributed by atoms with Crippen LogP contribution in [-0.2, 0) is 9.59 Å². The average molecular weight is 488 g/mol. The molecule has 0 spiro atoms. The van der Waals surface area contributed by atoms with Crippen LogP contribution in [0.1, 0.15) is 17.2 Å². The van der Waals surface area contributed by atoms with E-state index >= 15 is 0 Å². The molecule has 0 bridgehead atoms. The Balaban J connectivity index is 1.70. The highest BCUT2D eigenvalue weighted by Crippen LogP contribution is 2.46. The number of methoxy groups -OCH3 is 1. The first kappa shape index (κ1) is 22.9. The lowest BCUT2D eigenvalue weighted by molar-refractivity contribution is -0.384. The summed E-state index contributed by atoms with van der Waals surface area (Å²) in [4.78, 5) is 38.5. The number of non-ortho nitro benzene ring substituents is 1. The molecule has 3 aromatic carbocycles. The smallest absolute Gasteiger partial charge is 0.300 e. The van der Waals surface area contributed by atoms with Crippen LogP contribution in [0.5, 0.6) is 17.2 Å². The summed E-state index contributed by atoms with van der Waals surface area (Å²) in [6.07, 6.45) is 0. The first-order chi connectivity index (χ1) is 17.4. The van der Waals surface area contributed by atoms with Crippen molar-refractivity contribution in [3.63, 3.8) is 0 Å². The molecule has 3 aromatic rings. The SMILES string of the molecule is COc1ccccc1C1/C(=C(\O)c2ccc([N+](=O)[O-])cc2)C(=O)C(=O)N1c1ccc2c(c1)OCCO2. The lowest BCUT2D eigenvalue weighted by atomic mass is 9.94. The third-order valence-electron chi connectivity index (χ3n) is 6.03. The molecule has 10 heteroatoms. The first-order valence-corrected chi connectivity index (χ1v) is 11.0. The molecule has 0 radical (unpaired) electrons. The quantitative estimate of drug-likeness (QED) is 0.188. The average Bonchev–Trinajstić information content (AvgIpc) is 3.17. The van der Waals surface area contributed by atoms with Crippen LogP contribution >= 0.6 is 0 Å². The third kappa shape index (κ3) is 3.78. The standard InChI is InChI=1S/C26H20N2O8/c1-34-19-5-3-2-4-18(19)23-22(24(29)15-6-8-16(9-7-15)28(32)33)25(30)26(31)27(23)17-10-11-20-21(14-17)36-13-12-35-20/h2-11,14,23,29H,12-13H2,1H3/b24-22+. The highest BCUT2D eigenvalue weighted by atomic mass is 16.6. The lowest BCUT2D eigenvalue weighted by Crippen LogP contribution is -2.30. The van der Waals surface area contributed by atoms with Crippen LogP contribution in [0.2, 0.25) is 0 Å². The van der Waals surface area contributed by atoms with Crippen LogP contribution in [0.25, 0.3) is 5.76 Å². The Morgan fingerprint density at radius 1 is 1.03 bits per heavy atom. The number of nitro benzene ring substituents is 1. The summed E-state index contributed by atoms with van der Waals surface area (Å²) in [6.45, 7) is 0.735. The molecule has 36 heavy (non-hydrogen) atoms. The van der Waals surface area contributed by atoms with Crippen molar-refractivity contribution in [3.8, 4) is 17.2 Å². The molecule has 1 unspecified atom stereocenters. The van der Waals surface area contributed by atoms with E-state index in [9.17, 15) is 24.8 Å². The molecule has 1 N–H and O–H groups in total. The maximum absolute atomic E-state index is 13.4. The molecule has 0 saturated carbocycles. The normalized spacial score (nSPS) is 18.2. The van der Waals surface area contributed by atoms with E-state index in [-0.39, 0.29) is 16.8 Å². The zero-order chi connectivity index (χ0) is 25.4. The highest BCUT2D eigenvalue weighted by molar-refractivity contribution is 6.51. The van der Waals surface area contributed by atoms with Gasteiger partial charge in [0, 0.05) is 35.0 Å². The zero-order valence-corrected chi connectivity index (χ0v) is 19.0. The van der Waals surface area contributed by atoms with Gasteiger partial charge in [0.05, 0.1) is 23.6 Å². The number of hydrogen-bond acceptors (Lipinski definition) is 8. The van der Waals surface area contributed by atoms with Gasteiger partial charge < -0.3 is 19.3 Å². The molecule has 2 aliphatic rings. The van der Waals surface area contributed by atoms with Crippen LogP contribution < -0.4 is 19.1 Å². The number of aliphatic hydroxyl groups is 1. The largest absolute Gasteiger partial charge is 0.507 e. The summed E-state index contributed by atoms with van der Waals surface area (Å²) in [5.74, 6) is -0.875. The Labute approximate surface area is 205 Å². The number of hydrogen-bond donors (Lipinski definition) is 1. The number of anilines is 1. The van der Waals surface area contributed by atoms with Crippen LogP contribution in [-0.4, -0.2) is 42.0 Å². The van der Waals surface area contributed by atoms with E-state index < -0.39 is 28.4 Å². The van der Waals surface area contributed by atoms with Gasteiger partial charge in [0.1, 0.15) is 24.7 Å². The number of nitro groups is 1. The minimum atomic E-state index is -1.04. The maximum atomic E-state index is 13.4. The van der Waals surface area contributed by atoms with Gasteiger partial charge in [-0.1, -0.05) is 18.2 Å². The van der Waals surface area contributed by atoms with Crippen molar-refractivity contribution >= 4 is 28.8 Å². The molecular weight excluding hydrogens is 468 g/mol. The van der Waals surface area contributed by atoms with Gasteiger partial charge in [-0.3, -0.25) is 24.6 Å². The molecule has 0 aliphatic carbocycles. The number of carbonyl (C=O) groups excluding carboxylic acids is 2. The summed E-state index contributed by atoms with van der Waals surface area (Å²) < 4.78 is 16.7. The van der Waals surface area contributed by atoms with Gasteiger partial charge in [-0.05, 0) is 30.3 Å². The van der Waals surface area contributed by atoms with Gasteiger partial charge in [-0.2, -0.15) is 0 Å². The number of fused-ring (bicyclic) bond motifs is 1. The first-order valence-electron chi connectivity index (χ1n) is 11.0. The van der Waals surface area contributed by atoms with E-state index in [0.29, 0.717) is 41.7 Å². The van der Waals surface area contributed by atoms with Gasteiger partial charge in [0.2, 0.25) is 0 Å². The van der Waals surface area contributed by atoms with Gasteiger partial charge in [0.25, 0.3) is 17.4 Å². The van der Waals surface area contributed by atoms with Crippen molar-refractivity contribution in [3.05, 3.63) is 93.5 Å². The summed E-state index contributed by atoms with van der Waals surface area (Å²) in [7, 11) is 1.46. The molecule has 2 aliphatic heterocycles. The van der Waals surface area contributed by atoms with E-state index in [1.165, 1.54) is 36.3 Å². The lowest BCUT2D eigenvalue weighted by Gasteiger charge is -2.28. The van der Waals surface area contributed by atoms with Crippen molar-refractivity contribution < 1.29 is 33.8 Å². The Bertz CT molecular complexity index is 1410. The summed E-state index contributed by atoms with van der Waals surface area (Å²) in [6, 6.07) is 15.8. The highest BCUT2D eigenvalue weighted by Gasteiger charge is 2.48. The third-order valence-corrected chi connectivity index (χ3v) is 6.03. The number of amides is 1. The van der Waals surface area contributed by atoms with E-state index in [1.807, 2.05) is 0 Å². The number of aliphatic hydroxyl groups excluding tert-OH is 1. The van der Waals surface area contributed by atoms with Crippen molar-refractivity contribution in [2.24, 2.45) is 0 Å². The predicted molar refractivity (Wildman–Crippen MR) is 128 cm³/mol. The zero-order valence-electron chi connectivity index (χ0n) is 19.0. The summed E-state index contributed by atoms with van der Waals surface area (Å²) in [5.41, 5.74) is 0.635. The molecule has 0 aromatic heterocycles. The van der Waals surface area contributed by atoms with Gasteiger partial charge in [-0.15, -0.1) is 0 Å². The van der Waals surface area contributed by atoms with Gasteiger partial charge in [0.15, 0.2) is 11.5 Å². The molecule has 182 valence electrons. The Morgan fingerprint density at radius 3 is 2.42 bits per heavy atom. The summed E-state index contributed by atoms with van der Waals surface area (Å²) >= 11 is 0. The molecule has 10 nitrogen and oxygen atoms in total. The van der Waals surface area contributed by atoms with Crippen molar-refractivity contribution in [1.82, 2.24) is 0 Å². The molecule has 1 fully saturated rings. The molecule has 1 amide bonds.